The van der Waals surface area contributed by atoms with Crippen molar-refractivity contribution in [2.45, 2.75) is 33.4 Å². The number of hydrogen-bond donors (Lipinski definition) is 1. The summed E-state index contributed by atoms with van der Waals surface area (Å²) in [5.74, 6) is 0. The van der Waals surface area contributed by atoms with Gasteiger partial charge in [0.05, 0.1) is 12.7 Å². The molecule has 2 aromatic heterocycles. The molecule has 0 bridgehead atoms. The molecular weight excluding hydrogens is 234 g/mol. The van der Waals surface area contributed by atoms with E-state index in [-0.39, 0.29) is 11.6 Å². The van der Waals surface area contributed by atoms with Gasteiger partial charge < -0.3 is 0 Å². The number of aromatic nitrogens is 5. The second-order valence-electron chi connectivity index (χ2n) is 4.48. The molecule has 2 aromatic rings. The Kier molecular flexibility index (Phi) is 3.14. The van der Waals surface area contributed by atoms with E-state index >= 15 is 0 Å². The SMILES string of the molecule is Cc1cn(Cc2cn(C(C)C)nn2)c(=O)[nH]c1=O. The van der Waals surface area contributed by atoms with Gasteiger partial charge >= 0.3 is 5.69 Å². The lowest BCUT2D eigenvalue weighted by Gasteiger charge is -2.03. The third kappa shape index (κ3) is 2.39. The zero-order valence-corrected chi connectivity index (χ0v) is 10.5. The quantitative estimate of drug-likeness (QED) is 0.833. The standard InChI is InChI=1S/C11H15N5O2/c1-7(2)16-6-9(13-14-16)5-15-4-8(3)10(17)12-11(15)18/h4,6-7H,5H2,1-3H3,(H,12,17,18). The lowest BCUT2D eigenvalue weighted by molar-refractivity contribution is 0.514. The molecule has 0 aliphatic heterocycles. The van der Waals surface area contributed by atoms with E-state index in [9.17, 15) is 9.59 Å². The molecule has 0 radical (unpaired) electrons. The van der Waals surface area contributed by atoms with E-state index in [4.69, 9.17) is 0 Å². The normalized spacial score (nSPS) is 11.1. The van der Waals surface area contributed by atoms with Gasteiger partial charge in [0.2, 0.25) is 0 Å². The number of aromatic amines is 1. The summed E-state index contributed by atoms with van der Waals surface area (Å²) in [6, 6.07) is 0.222. The van der Waals surface area contributed by atoms with Crippen molar-refractivity contribution in [1.29, 1.82) is 0 Å². The first-order chi connectivity index (χ1) is 8.47. The van der Waals surface area contributed by atoms with Crippen LogP contribution in [-0.4, -0.2) is 24.5 Å². The van der Waals surface area contributed by atoms with Crippen LogP contribution in [0.5, 0.6) is 0 Å². The topological polar surface area (TPSA) is 85.6 Å². The van der Waals surface area contributed by atoms with Crippen LogP contribution in [0.3, 0.4) is 0 Å². The summed E-state index contributed by atoms with van der Waals surface area (Å²) in [4.78, 5) is 25.1. The van der Waals surface area contributed by atoms with E-state index in [2.05, 4.69) is 15.3 Å². The van der Waals surface area contributed by atoms with Crippen molar-refractivity contribution >= 4 is 0 Å². The third-order valence-corrected chi connectivity index (χ3v) is 2.61. The minimum absolute atomic E-state index is 0.222. The Labute approximate surface area is 103 Å². The van der Waals surface area contributed by atoms with Gasteiger partial charge in [-0.3, -0.25) is 14.3 Å². The van der Waals surface area contributed by atoms with Crippen LogP contribution in [0.15, 0.2) is 22.0 Å². The van der Waals surface area contributed by atoms with Gasteiger partial charge in [-0.15, -0.1) is 5.10 Å². The van der Waals surface area contributed by atoms with Crippen LogP contribution in [0.2, 0.25) is 0 Å². The highest BCUT2D eigenvalue weighted by Crippen LogP contribution is 2.03. The van der Waals surface area contributed by atoms with E-state index in [0.29, 0.717) is 17.8 Å². The molecule has 2 heterocycles. The molecule has 0 aromatic carbocycles. The fourth-order valence-electron chi connectivity index (χ4n) is 1.55. The Bertz CT molecular complexity index is 665. The van der Waals surface area contributed by atoms with Crippen LogP contribution in [0, 0.1) is 6.92 Å². The Morgan fingerprint density at radius 2 is 2.06 bits per heavy atom. The van der Waals surface area contributed by atoms with E-state index in [1.807, 2.05) is 13.8 Å². The van der Waals surface area contributed by atoms with Crippen molar-refractivity contribution in [3.05, 3.63) is 44.5 Å². The van der Waals surface area contributed by atoms with Gasteiger partial charge in [-0.1, -0.05) is 5.21 Å². The molecule has 0 amide bonds. The van der Waals surface area contributed by atoms with Gasteiger partial charge in [-0.2, -0.15) is 0 Å². The number of nitrogens with zero attached hydrogens (tertiary/aromatic N) is 4. The van der Waals surface area contributed by atoms with Crippen molar-refractivity contribution in [3.63, 3.8) is 0 Å². The molecule has 0 fully saturated rings. The predicted molar refractivity (Wildman–Crippen MR) is 65.6 cm³/mol. The summed E-state index contributed by atoms with van der Waals surface area (Å²) in [5, 5.41) is 7.95. The van der Waals surface area contributed by atoms with Crippen molar-refractivity contribution < 1.29 is 0 Å². The van der Waals surface area contributed by atoms with E-state index < -0.39 is 5.69 Å². The first-order valence-electron chi connectivity index (χ1n) is 5.68. The monoisotopic (exact) mass is 249 g/mol. The lowest BCUT2D eigenvalue weighted by atomic mass is 10.3. The second kappa shape index (κ2) is 4.59. The highest BCUT2D eigenvalue weighted by atomic mass is 16.2. The van der Waals surface area contributed by atoms with Gasteiger partial charge in [0.25, 0.3) is 5.56 Å². The number of rotatable bonds is 3. The van der Waals surface area contributed by atoms with Crippen LogP contribution in [-0.2, 0) is 6.54 Å². The molecule has 1 N–H and O–H groups in total. The van der Waals surface area contributed by atoms with Crippen molar-refractivity contribution in [2.75, 3.05) is 0 Å². The molecule has 2 rings (SSSR count). The van der Waals surface area contributed by atoms with E-state index in [1.165, 1.54) is 10.8 Å². The van der Waals surface area contributed by atoms with Gasteiger partial charge in [-0.05, 0) is 20.8 Å². The molecule has 0 unspecified atom stereocenters. The molecule has 18 heavy (non-hydrogen) atoms. The number of hydrogen-bond acceptors (Lipinski definition) is 4. The minimum Gasteiger partial charge on any atom is -0.294 e. The molecule has 7 nitrogen and oxygen atoms in total. The molecule has 0 saturated heterocycles. The Morgan fingerprint density at radius 3 is 2.67 bits per heavy atom. The van der Waals surface area contributed by atoms with Crippen LogP contribution in [0.4, 0.5) is 0 Å². The maximum Gasteiger partial charge on any atom is 0.328 e. The van der Waals surface area contributed by atoms with Crippen LogP contribution >= 0.6 is 0 Å². The average molecular weight is 249 g/mol. The first-order valence-corrected chi connectivity index (χ1v) is 5.68. The van der Waals surface area contributed by atoms with Gasteiger partial charge in [0.1, 0.15) is 5.69 Å². The lowest BCUT2D eigenvalue weighted by Crippen LogP contribution is -2.31. The van der Waals surface area contributed by atoms with Crippen molar-refractivity contribution in [1.82, 2.24) is 24.5 Å². The molecule has 0 spiro atoms. The fraction of sp³-hybridized carbons (Fsp3) is 0.455. The molecule has 0 aliphatic carbocycles. The zero-order chi connectivity index (χ0) is 13.3. The molecule has 0 aliphatic rings. The van der Waals surface area contributed by atoms with Gasteiger partial charge in [0, 0.05) is 17.8 Å². The molecule has 0 saturated carbocycles. The largest absolute Gasteiger partial charge is 0.328 e. The summed E-state index contributed by atoms with van der Waals surface area (Å²) >= 11 is 0. The molecule has 96 valence electrons. The van der Waals surface area contributed by atoms with Gasteiger partial charge in [0.15, 0.2) is 0 Å². The predicted octanol–water partition coefficient (Wildman–Crippen LogP) is 0.0657. The maximum absolute atomic E-state index is 11.6. The van der Waals surface area contributed by atoms with Crippen molar-refractivity contribution in [2.24, 2.45) is 0 Å². The Hall–Kier alpha value is -2.18. The summed E-state index contributed by atoms with van der Waals surface area (Å²) in [6.45, 7) is 5.94. The van der Waals surface area contributed by atoms with E-state index in [1.54, 1.807) is 17.8 Å². The molecule has 0 atom stereocenters. The van der Waals surface area contributed by atoms with Crippen LogP contribution < -0.4 is 11.2 Å². The number of aryl methyl sites for hydroxylation is 1. The maximum atomic E-state index is 11.6. The van der Waals surface area contributed by atoms with E-state index in [0.717, 1.165) is 0 Å². The highest BCUT2D eigenvalue weighted by molar-refractivity contribution is 5.03. The smallest absolute Gasteiger partial charge is 0.294 e. The number of nitrogens with one attached hydrogen (secondary N) is 1. The summed E-state index contributed by atoms with van der Waals surface area (Å²) in [6.07, 6.45) is 3.31. The van der Waals surface area contributed by atoms with Crippen LogP contribution in [0.25, 0.3) is 0 Å². The van der Waals surface area contributed by atoms with Gasteiger partial charge in [-0.25, -0.2) is 9.48 Å². The van der Waals surface area contributed by atoms with Crippen LogP contribution in [0.1, 0.15) is 31.1 Å². The number of H-pyrrole nitrogens is 1. The minimum atomic E-state index is -0.440. The molecule has 7 heteroatoms. The fourth-order valence-corrected chi connectivity index (χ4v) is 1.55. The highest BCUT2D eigenvalue weighted by Gasteiger charge is 2.06. The second-order valence-corrected chi connectivity index (χ2v) is 4.48. The summed E-state index contributed by atoms with van der Waals surface area (Å²) in [7, 11) is 0. The third-order valence-electron chi connectivity index (χ3n) is 2.61. The summed E-state index contributed by atoms with van der Waals surface area (Å²) < 4.78 is 3.13. The zero-order valence-electron chi connectivity index (χ0n) is 10.5. The first kappa shape index (κ1) is 12.3. The Morgan fingerprint density at radius 1 is 1.33 bits per heavy atom. The summed E-state index contributed by atoms with van der Waals surface area (Å²) in [5.41, 5.74) is 0.370. The van der Waals surface area contributed by atoms with Crippen molar-refractivity contribution in [3.8, 4) is 0 Å². The Balaban J connectivity index is 2.31. The molecular formula is C11H15N5O2. The average Bonchev–Trinajstić information content (AvgIpc) is 2.74.